The highest BCUT2D eigenvalue weighted by atomic mass is 35.5. The number of phenolic OH excluding ortho intramolecular Hbond substituents is 1. The number of carbonyl (C=O) groups is 2. The molecule has 0 saturated carbocycles. The number of methoxy groups -OCH3 is 2. The van der Waals surface area contributed by atoms with Crippen LogP contribution in [-0.2, 0) is 14.3 Å². The number of carbonyl (C=O) groups excluding carboxylic acids is 2. The maximum absolute atomic E-state index is 13.8. The van der Waals surface area contributed by atoms with Gasteiger partial charge in [0.15, 0.2) is 17.3 Å². The van der Waals surface area contributed by atoms with Gasteiger partial charge < -0.3 is 24.6 Å². The maximum Gasteiger partial charge on any atom is 0.336 e. The van der Waals surface area contributed by atoms with Crippen LogP contribution in [0.15, 0.2) is 58.9 Å². The number of halogens is 1. The van der Waals surface area contributed by atoms with Crippen LogP contribution in [0.4, 0.5) is 0 Å². The predicted molar refractivity (Wildman–Crippen MR) is 149 cm³/mol. The predicted octanol–water partition coefficient (Wildman–Crippen LogP) is 5.72. The van der Waals surface area contributed by atoms with Crippen molar-refractivity contribution in [2.75, 3.05) is 32.3 Å². The fraction of sp³-hybridized carbons (Fsp3) is 0.379. The third-order valence-corrected chi connectivity index (χ3v) is 8.06. The maximum atomic E-state index is 13.8. The zero-order chi connectivity index (χ0) is 27.4. The van der Waals surface area contributed by atoms with Crippen LogP contribution in [0.2, 0.25) is 5.02 Å². The van der Waals surface area contributed by atoms with Crippen molar-refractivity contribution in [2.24, 2.45) is 0 Å². The van der Waals surface area contributed by atoms with Crippen molar-refractivity contribution in [2.45, 2.75) is 38.5 Å². The lowest BCUT2D eigenvalue weighted by molar-refractivity contribution is -0.138. The van der Waals surface area contributed by atoms with E-state index in [0.29, 0.717) is 41.0 Å². The van der Waals surface area contributed by atoms with Crippen LogP contribution in [0.25, 0.3) is 0 Å². The average Bonchev–Trinajstić information content (AvgIpc) is 2.91. The summed E-state index contributed by atoms with van der Waals surface area (Å²) in [5.41, 5.74) is 3.87. The van der Waals surface area contributed by atoms with Crippen LogP contribution in [0.3, 0.4) is 0 Å². The first-order valence-electron chi connectivity index (χ1n) is 12.5. The highest BCUT2D eigenvalue weighted by Crippen LogP contribution is 2.48. The van der Waals surface area contributed by atoms with Gasteiger partial charge in [0.2, 0.25) is 0 Å². The van der Waals surface area contributed by atoms with Gasteiger partial charge in [-0.15, -0.1) is 0 Å². The van der Waals surface area contributed by atoms with Crippen LogP contribution in [0, 0.1) is 0 Å². The van der Waals surface area contributed by atoms with E-state index in [0.717, 1.165) is 22.8 Å². The van der Waals surface area contributed by atoms with Crippen molar-refractivity contribution >= 4 is 35.1 Å². The molecule has 2 N–H and O–H groups in total. The molecule has 0 unspecified atom stereocenters. The van der Waals surface area contributed by atoms with Crippen molar-refractivity contribution in [3.63, 3.8) is 0 Å². The molecule has 9 heteroatoms. The quantitative estimate of drug-likeness (QED) is 0.299. The summed E-state index contributed by atoms with van der Waals surface area (Å²) in [4.78, 5) is 27.2. The molecule has 38 heavy (non-hydrogen) atoms. The molecule has 2 aromatic rings. The first kappa shape index (κ1) is 27.9. The number of hydrogen-bond donors (Lipinski definition) is 2. The molecule has 0 radical (unpaired) electrons. The lowest BCUT2D eigenvalue weighted by Gasteiger charge is -2.37. The molecule has 0 fully saturated rings. The SMILES string of the molecule is CCSCCOC(=O)C1=C(C)NC2=C(C(=O)C[C@H](c3ccc(OC)cc3)C2)[C@H]1c1cc(Cl)c(O)c(OC)c1. The summed E-state index contributed by atoms with van der Waals surface area (Å²) >= 11 is 8.03. The molecule has 2 aliphatic rings. The Morgan fingerprint density at radius 1 is 1.13 bits per heavy atom. The minimum absolute atomic E-state index is 0.0226. The van der Waals surface area contributed by atoms with Gasteiger partial charge in [-0.3, -0.25) is 4.79 Å². The second-order valence-corrected chi connectivity index (χ2v) is 11.0. The number of Topliss-reactive ketones (excluding diaryl/α,β-unsaturated/α-hetero) is 1. The molecule has 1 aliphatic heterocycles. The molecule has 0 spiro atoms. The Hall–Kier alpha value is -3.10. The van der Waals surface area contributed by atoms with Gasteiger partial charge >= 0.3 is 5.97 Å². The number of nitrogens with one attached hydrogen (secondary N) is 1. The summed E-state index contributed by atoms with van der Waals surface area (Å²) in [6.07, 6.45) is 0.889. The lowest BCUT2D eigenvalue weighted by Crippen LogP contribution is -2.36. The zero-order valence-corrected chi connectivity index (χ0v) is 23.5. The molecule has 2 atom stereocenters. The van der Waals surface area contributed by atoms with E-state index in [1.165, 1.54) is 7.11 Å². The van der Waals surface area contributed by atoms with E-state index in [1.807, 2.05) is 38.1 Å². The number of phenols is 1. The molecular weight excluding hydrogens is 526 g/mol. The molecule has 0 amide bonds. The Morgan fingerprint density at radius 2 is 1.87 bits per heavy atom. The average molecular weight is 558 g/mol. The Labute approximate surface area is 232 Å². The lowest BCUT2D eigenvalue weighted by atomic mass is 9.71. The second-order valence-electron chi connectivity index (χ2n) is 9.18. The summed E-state index contributed by atoms with van der Waals surface area (Å²) in [7, 11) is 3.04. The van der Waals surface area contributed by atoms with Crippen molar-refractivity contribution in [1.82, 2.24) is 5.32 Å². The van der Waals surface area contributed by atoms with Gasteiger partial charge in [0.1, 0.15) is 12.4 Å². The summed E-state index contributed by atoms with van der Waals surface area (Å²) < 4.78 is 16.2. The molecule has 1 heterocycles. The van der Waals surface area contributed by atoms with Gasteiger partial charge in [-0.2, -0.15) is 11.8 Å². The second kappa shape index (κ2) is 12.2. The molecule has 0 bridgehead atoms. The summed E-state index contributed by atoms with van der Waals surface area (Å²) in [6, 6.07) is 10.9. The van der Waals surface area contributed by atoms with Crippen molar-refractivity contribution in [3.05, 3.63) is 75.1 Å². The molecule has 7 nitrogen and oxygen atoms in total. The number of esters is 1. The fourth-order valence-corrected chi connectivity index (χ4v) is 5.80. The van der Waals surface area contributed by atoms with Crippen LogP contribution >= 0.6 is 23.4 Å². The number of allylic oxidation sites excluding steroid dienone is 3. The molecule has 4 rings (SSSR count). The largest absolute Gasteiger partial charge is 0.503 e. The summed E-state index contributed by atoms with van der Waals surface area (Å²) in [5, 5.41) is 13.8. The number of benzene rings is 2. The Morgan fingerprint density at radius 3 is 2.53 bits per heavy atom. The van der Waals surface area contributed by atoms with Gasteiger partial charge in [-0.25, -0.2) is 4.79 Å². The Kier molecular flexibility index (Phi) is 8.95. The van der Waals surface area contributed by atoms with Crippen LogP contribution in [0.1, 0.15) is 49.7 Å². The molecular formula is C29H32ClNO6S. The number of thioether (sulfide) groups is 1. The van der Waals surface area contributed by atoms with E-state index in [4.69, 9.17) is 25.8 Å². The van der Waals surface area contributed by atoms with Crippen LogP contribution in [0.5, 0.6) is 17.2 Å². The Balaban J connectivity index is 1.76. The van der Waals surface area contributed by atoms with Gasteiger partial charge in [0.05, 0.1) is 24.8 Å². The third-order valence-electron chi connectivity index (χ3n) is 6.90. The highest BCUT2D eigenvalue weighted by molar-refractivity contribution is 7.99. The standard InChI is InChI=1S/C29H32ClNO6S/c1-5-38-11-10-37-29(34)25-16(2)31-22-13-18(17-6-8-20(35-3)9-7-17)14-23(32)27(22)26(25)19-12-21(30)28(33)24(15-19)36-4/h6-9,12,15,18,26,31,33H,5,10-11,13-14H2,1-4H3/t18-,26+/m1/s1. The number of dihydropyridines is 1. The van der Waals surface area contributed by atoms with E-state index in [9.17, 15) is 14.7 Å². The molecule has 0 saturated heterocycles. The molecule has 1 aliphatic carbocycles. The smallest absolute Gasteiger partial charge is 0.336 e. The Bertz CT molecular complexity index is 1290. The number of ether oxygens (including phenoxy) is 3. The van der Waals surface area contributed by atoms with Crippen molar-refractivity contribution in [3.8, 4) is 17.2 Å². The highest BCUT2D eigenvalue weighted by Gasteiger charge is 2.42. The minimum Gasteiger partial charge on any atom is -0.503 e. The third kappa shape index (κ3) is 5.66. The van der Waals surface area contributed by atoms with E-state index in [-0.39, 0.29) is 34.8 Å². The minimum atomic E-state index is -0.714. The fourth-order valence-electron chi connectivity index (χ4n) is 5.09. The normalized spacial score (nSPS) is 19.1. The molecule has 2 aromatic carbocycles. The van der Waals surface area contributed by atoms with E-state index >= 15 is 0 Å². The van der Waals surface area contributed by atoms with Crippen LogP contribution < -0.4 is 14.8 Å². The molecule has 0 aromatic heterocycles. The van der Waals surface area contributed by atoms with Crippen molar-refractivity contribution < 1.29 is 28.9 Å². The van der Waals surface area contributed by atoms with Gasteiger partial charge in [-0.1, -0.05) is 30.7 Å². The topological polar surface area (TPSA) is 94.1 Å². The molecule has 202 valence electrons. The van der Waals surface area contributed by atoms with Crippen molar-refractivity contribution in [1.29, 1.82) is 0 Å². The number of hydrogen-bond acceptors (Lipinski definition) is 8. The van der Waals surface area contributed by atoms with E-state index < -0.39 is 11.9 Å². The number of aromatic hydroxyl groups is 1. The number of ketones is 1. The van der Waals surface area contributed by atoms with E-state index in [1.54, 1.807) is 31.0 Å². The number of rotatable bonds is 9. The van der Waals surface area contributed by atoms with Gasteiger partial charge in [0.25, 0.3) is 0 Å². The first-order valence-corrected chi connectivity index (χ1v) is 14.0. The summed E-state index contributed by atoms with van der Waals surface area (Å²) in [5.74, 6) is 1.04. The monoisotopic (exact) mass is 557 g/mol. The zero-order valence-electron chi connectivity index (χ0n) is 21.9. The van der Waals surface area contributed by atoms with E-state index in [2.05, 4.69) is 5.32 Å². The first-order chi connectivity index (χ1) is 18.3. The van der Waals surface area contributed by atoms with Gasteiger partial charge in [0, 0.05) is 35.1 Å². The summed E-state index contributed by atoms with van der Waals surface area (Å²) in [6.45, 7) is 4.12. The van der Waals surface area contributed by atoms with Crippen LogP contribution in [-0.4, -0.2) is 49.2 Å². The van der Waals surface area contributed by atoms with Gasteiger partial charge in [-0.05, 0) is 60.4 Å².